The second-order valence-electron chi connectivity index (χ2n) is 17.4. The van der Waals surface area contributed by atoms with Gasteiger partial charge in [-0.05, 0) is 12.8 Å². The highest BCUT2D eigenvalue weighted by atomic mass is 31.2. The van der Waals surface area contributed by atoms with E-state index in [9.17, 15) is 14.3 Å². The van der Waals surface area contributed by atoms with Crippen LogP contribution in [0.3, 0.4) is 0 Å². The number of phosphoric ester groups is 1. The van der Waals surface area contributed by atoms with Crippen molar-refractivity contribution in [3.05, 3.63) is 0 Å². The maximum Gasteiger partial charge on any atom is 0.472 e. The third-order valence-electron chi connectivity index (χ3n) is 11.5. The van der Waals surface area contributed by atoms with E-state index in [1.165, 1.54) is 218 Å². The smallest absolute Gasteiger partial charge is 0.457 e. The van der Waals surface area contributed by atoms with Gasteiger partial charge in [0.25, 0.3) is 0 Å². The first-order valence-corrected chi connectivity index (χ1v) is 27.0. The van der Waals surface area contributed by atoms with Gasteiger partial charge < -0.3 is 20.1 Å². The van der Waals surface area contributed by atoms with Gasteiger partial charge in [0.2, 0.25) is 0 Å². The fourth-order valence-corrected chi connectivity index (χ4v) is 8.53. The molecule has 58 heavy (non-hydrogen) atoms. The van der Waals surface area contributed by atoms with Gasteiger partial charge in [-0.3, -0.25) is 13.8 Å². The van der Waals surface area contributed by atoms with Gasteiger partial charge in [-0.1, -0.05) is 251 Å². The van der Waals surface area contributed by atoms with Crippen LogP contribution in [0, 0.1) is 0 Å². The summed E-state index contributed by atoms with van der Waals surface area (Å²) in [5.74, 6) is -0.321. The molecule has 0 aromatic rings. The van der Waals surface area contributed by atoms with Crippen molar-refractivity contribution in [2.24, 2.45) is 5.73 Å². The molecule has 0 aliphatic rings. The summed E-state index contributed by atoms with van der Waals surface area (Å²) in [5.41, 5.74) is 5.39. The Morgan fingerprint density at radius 2 is 0.759 bits per heavy atom. The van der Waals surface area contributed by atoms with Crippen LogP contribution in [-0.4, -0.2) is 49.9 Å². The summed E-state index contributed by atoms with van der Waals surface area (Å²) in [5, 5.41) is 0. The van der Waals surface area contributed by atoms with E-state index in [0.717, 1.165) is 32.1 Å². The number of nitrogens with two attached hydrogens (primary N) is 1. The maximum atomic E-state index is 12.6. The molecule has 0 heterocycles. The monoisotopic (exact) mass is 846 g/mol. The number of ether oxygens (including phenoxy) is 2. The van der Waals surface area contributed by atoms with Crippen LogP contribution in [0.15, 0.2) is 0 Å². The molecule has 0 aromatic heterocycles. The highest BCUT2D eigenvalue weighted by Crippen LogP contribution is 2.43. The summed E-state index contributed by atoms with van der Waals surface area (Å²) in [7, 11) is -4.27. The van der Waals surface area contributed by atoms with Crippen LogP contribution in [0.25, 0.3) is 0 Å². The Balaban J connectivity index is 3.88. The van der Waals surface area contributed by atoms with Gasteiger partial charge in [0, 0.05) is 19.6 Å². The average Bonchev–Trinajstić information content (AvgIpc) is 3.21. The molecule has 2 atom stereocenters. The fourth-order valence-electron chi connectivity index (χ4n) is 7.77. The van der Waals surface area contributed by atoms with Crippen LogP contribution in [0.4, 0.5) is 0 Å². The molecule has 2 unspecified atom stereocenters. The van der Waals surface area contributed by atoms with Gasteiger partial charge in [0.15, 0.2) is 0 Å². The number of phosphoric acid groups is 1. The van der Waals surface area contributed by atoms with Crippen LogP contribution in [0.1, 0.15) is 271 Å². The average molecular weight is 846 g/mol. The molecule has 0 saturated heterocycles. The Labute approximate surface area is 361 Å². The molecule has 0 amide bonds. The lowest BCUT2D eigenvalue weighted by Gasteiger charge is -2.20. The van der Waals surface area contributed by atoms with Gasteiger partial charge >= 0.3 is 13.8 Å². The van der Waals surface area contributed by atoms with E-state index in [1.807, 2.05) is 0 Å². The summed E-state index contributed by atoms with van der Waals surface area (Å²) >= 11 is 0. The molecule has 0 aliphatic carbocycles. The van der Waals surface area contributed by atoms with Crippen molar-refractivity contribution < 1.29 is 32.8 Å². The van der Waals surface area contributed by atoms with Crippen molar-refractivity contribution in [1.82, 2.24) is 0 Å². The maximum absolute atomic E-state index is 12.6. The Morgan fingerprint density at radius 3 is 1.09 bits per heavy atom. The van der Waals surface area contributed by atoms with Crippen molar-refractivity contribution in [2.45, 2.75) is 277 Å². The summed E-state index contributed by atoms with van der Waals surface area (Å²) in [4.78, 5) is 22.6. The first-order chi connectivity index (χ1) is 28.4. The quantitative estimate of drug-likeness (QED) is 0.0353. The van der Waals surface area contributed by atoms with Crippen molar-refractivity contribution in [3.63, 3.8) is 0 Å². The Morgan fingerprint density at radius 1 is 0.448 bits per heavy atom. The molecular formula is C49H100NO7P. The topological polar surface area (TPSA) is 117 Å². The number of unbranched alkanes of at least 4 members (excludes halogenated alkanes) is 37. The molecule has 0 aliphatic heterocycles. The number of carbonyl (C=O) groups is 1. The third-order valence-corrected chi connectivity index (χ3v) is 12.5. The highest BCUT2D eigenvalue weighted by Gasteiger charge is 2.25. The van der Waals surface area contributed by atoms with Crippen LogP contribution < -0.4 is 5.73 Å². The van der Waals surface area contributed by atoms with E-state index in [1.54, 1.807) is 0 Å². The van der Waals surface area contributed by atoms with Crippen molar-refractivity contribution in [2.75, 3.05) is 33.0 Å². The zero-order valence-electron chi connectivity index (χ0n) is 38.8. The minimum atomic E-state index is -4.27. The lowest BCUT2D eigenvalue weighted by Crippen LogP contribution is -2.28. The standard InChI is InChI=1S/C49H100NO7P/c1-3-5-7-9-11-13-15-17-19-21-23-24-25-27-29-31-33-35-37-39-41-44-54-46-48(47-56-58(52,53)55-45-43-50)57-49(51)42-40-38-36-34-32-30-28-26-22-20-18-16-14-12-10-8-6-4-2/h48H,3-47,50H2,1-2H3,(H,52,53). The SMILES string of the molecule is CCCCCCCCCCCCCCCCCCCCCCCOCC(COP(=O)(O)OCCN)OC(=O)CCCCCCCCCCCCCCCCCCCC. The first kappa shape index (κ1) is 57.5. The molecular weight excluding hydrogens is 746 g/mol. The largest absolute Gasteiger partial charge is 0.472 e. The van der Waals surface area contributed by atoms with Crippen LogP contribution in [-0.2, 0) is 27.9 Å². The van der Waals surface area contributed by atoms with E-state index in [0.29, 0.717) is 13.0 Å². The van der Waals surface area contributed by atoms with Gasteiger partial charge in [-0.15, -0.1) is 0 Å². The minimum absolute atomic E-state index is 0.0897. The fraction of sp³-hybridized carbons (Fsp3) is 0.980. The molecule has 0 radical (unpaired) electrons. The van der Waals surface area contributed by atoms with E-state index in [2.05, 4.69) is 13.8 Å². The van der Waals surface area contributed by atoms with Crippen molar-refractivity contribution in [3.8, 4) is 0 Å². The molecule has 0 rings (SSSR count). The van der Waals surface area contributed by atoms with Crippen molar-refractivity contribution in [1.29, 1.82) is 0 Å². The molecule has 0 bridgehead atoms. The van der Waals surface area contributed by atoms with Crippen LogP contribution >= 0.6 is 7.82 Å². The van der Waals surface area contributed by atoms with Gasteiger partial charge in [-0.2, -0.15) is 0 Å². The van der Waals surface area contributed by atoms with Gasteiger partial charge in [0.05, 0.1) is 19.8 Å². The van der Waals surface area contributed by atoms with Gasteiger partial charge in [-0.25, -0.2) is 4.57 Å². The zero-order chi connectivity index (χ0) is 42.3. The van der Waals surface area contributed by atoms with Crippen molar-refractivity contribution >= 4 is 13.8 Å². The van der Waals surface area contributed by atoms with E-state index in [4.69, 9.17) is 24.3 Å². The molecule has 0 aromatic carbocycles. The Kier molecular flexibility index (Phi) is 47.1. The van der Waals surface area contributed by atoms with Crippen LogP contribution in [0.5, 0.6) is 0 Å². The number of esters is 1. The summed E-state index contributed by atoms with van der Waals surface area (Å²) < 4.78 is 33.6. The van der Waals surface area contributed by atoms with E-state index in [-0.39, 0.29) is 32.3 Å². The molecule has 0 fully saturated rings. The Hall–Kier alpha value is -0.500. The summed E-state index contributed by atoms with van der Waals surface area (Å²) in [6, 6.07) is 0. The third kappa shape index (κ3) is 46.6. The lowest BCUT2D eigenvalue weighted by atomic mass is 10.0. The predicted molar refractivity (Wildman–Crippen MR) is 248 cm³/mol. The molecule has 348 valence electrons. The van der Waals surface area contributed by atoms with Crippen LogP contribution in [0.2, 0.25) is 0 Å². The molecule has 9 heteroatoms. The number of carbonyl (C=O) groups excluding carboxylic acids is 1. The molecule has 0 spiro atoms. The number of hydrogen-bond donors (Lipinski definition) is 2. The highest BCUT2D eigenvalue weighted by molar-refractivity contribution is 7.47. The first-order valence-electron chi connectivity index (χ1n) is 25.5. The molecule has 3 N–H and O–H groups in total. The lowest BCUT2D eigenvalue weighted by molar-refractivity contribution is -0.154. The van der Waals surface area contributed by atoms with Gasteiger partial charge in [0.1, 0.15) is 6.10 Å². The van der Waals surface area contributed by atoms with E-state index < -0.39 is 13.9 Å². The second-order valence-corrected chi connectivity index (χ2v) is 18.9. The Bertz CT molecular complexity index is 863. The molecule has 8 nitrogen and oxygen atoms in total. The predicted octanol–water partition coefficient (Wildman–Crippen LogP) is 15.7. The molecule has 0 saturated carbocycles. The normalized spacial score (nSPS) is 13.2. The van der Waals surface area contributed by atoms with E-state index >= 15 is 0 Å². The summed E-state index contributed by atoms with van der Waals surface area (Å²) in [6.07, 6.45) is 51.3. The minimum Gasteiger partial charge on any atom is -0.457 e. The number of rotatable bonds is 50. The summed E-state index contributed by atoms with van der Waals surface area (Å²) in [6.45, 7) is 5.01. The number of hydrogen-bond acceptors (Lipinski definition) is 7. The second kappa shape index (κ2) is 47.5. The zero-order valence-corrected chi connectivity index (χ0v) is 39.7.